The number of fused-ring (bicyclic) bond motifs is 1. The van der Waals surface area contributed by atoms with E-state index in [1.807, 2.05) is 6.07 Å². The van der Waals surface area contributed by atoms with Crippen LogP contribution in [0.25, 0.3) is 5.57 Å². The van der Waals surface area contributed by atoms with Gasteiger partial charge in [-0.15, -0.1) is 11.3 Å². The van der Waals surface area contributed by atoms with Crippen molar-refractivity contribution in [1.82, 2.24) is 0 Å². The van der Waals surface area contributed by atoms with E-state index in [4.69, 9.17) is 0 Å². The van der Waals surface area contributed by atoms with Gasteiger partial charge in [-0.1, -0.05) is 18.2 Å². The van der Waals surface area contributed by atoms with Crippen LogP contribution in [0.4, 0.5) is 32.0 Å². The highest BCUT2D eigenvalue weighted by Gasteiger charge is 2.82. The Morgan fingerprint density at radius 2 is 1.65 bits per heavy atom. The molecule has 0 radical (unpaired) electrons. The molecule has 1 aliphatic carbocycles. The van der Waals surface area contributed by atoms with Crippen molar-refractivity contribution in [1.29, 1.82) is 5.26 Å². The fourth-order valence-electron chi connectivity index (χ4n) is 4.84. The highest BCUT2D eigenvalue weighted by atomic mass is 32.1. The Morgan fingerprint density at radius 3 is 2.19 bits per heavy atom. The summed E-state index contributed by atoms with van der Waals surface area (Å²) >= 11 is 0.828. The molecule has 1 aromatic carbocycles. The lowest BCUT2D eigenvalue weighted by molar-refractivity contribution is -0.261. The van der Waals surface area contributed by atoms with Crippen LogP contribution >= 0.6 is 11.3 Å². The Balaban J connectivity index is 2.11. The summed E-state index contributed by atoms with van der Waals surface area (Å²) in [7, 11) is 1.44. The number of alkyl halides is 6. The van der Waals surface area contributed by atoms with Gasteiger partial charge in [-0.3, -0.25) is 0 Å². The van der Waals surface area contributed by atoms with Gasteiger partial charge in [0.05, 0.1) is 5.54 Å². The fourth-order valence-corrected chi connectivity index (χ4v) is 5.81. The smallest absolute Gasteiger partial charge is 0.365 e. The molecule has 1 aliphatic heterocycles. The van der Waals surface area contributed by atoms with E-state index in [1.54, 1.807) is 24.3 Å². The minimum Gasteiger partial charge on any atom is -0.365 e. The summed E-state index contributed by atoms with van der Waals surface area (Å²) in [5.74, 6) is -15.8. The number of thiophene rings is 1. The third kappa shape index (κ3) is 2.45. The van der Waals surface area contributed by atoms with Crippen LogP contribution in [0, 0.1) is 25.2 Å². The van der Waals surface area contributed by atoms with Gasteiger partial charge in [-0.05, 0) is 38.0 Å². The number of aryl methyl sites for hydroxylation is 1. The summed E-state index contributed by atoms with van der Waals surface area (Å²) in [6, 6.07) is 8.47. The Labute approximate surface area is 179 Å². The number of nitriles is 1. The SMILES string of the molecule is Cc1sc(C#N)c(C)c1C1=C(C2(C)Cc3ccccc3N2C)C(F)(F)C(F)(F)C1(F)F. The van der Waals surface area contributed by atoms with Crippen molar-refractivity contribution in [3.8, 4) is 6.07 Å². The topological polar surface area (TPSA) is 27.0 Å². The standard InChI is InChI=1S/C22H18F6N2S/c1-11-15(10-29)31-12(2)16(11)17-18(21(25,26)22(27,28)20(17,23)24)19(3)9-13-7-5-6-8-14(13)30(19)4/h5-8H,9H2,1-4H3. The summed E-state index contributed by atoms with van der Waals surface area (Å²) < 4.78 is 90.3. The van der Waals surface area contributed by atoms with Crippen LogP contribution in [-0.4, -0.2) is 30.4 Å². The van der Waals surface area contributed by atoms with Gasteiger partial charge in [-0.25, -0.2) is 0 Å². The van der Waals surface area contributed by atoms with Crippen molar-refractivity contribution in [2.24, 2.45) is 0 Å². The second kappa shape index (κ2) is 6.28. The number of anilines is 1. The van der Waals surface area contributed by atoms with Gasteiger partial charge in [0, 0.05) is 40.7 Å². The van der Waals surface area contributed by atoms with Gasteiger partial charge in [0.15, 0.2) is 0 Å². The third-order valence-electron chi connectivity index (χ3n) is 6.51. The molecule has 0 fully saturated rings. The molecule has 2 nitrogen and oxygen atoms in total. The summed E-state index contributed by atoms with van der Waals surface area (Å²) in [5.41, 5.74) is -3.73. The van der Waals surface area contributed by atoms with Crippen LogP contribution in [0.2, 0.25) is 0 Å². The van der Waals surface area contributed by atoms with E-state index in [9.17, 15) is 14.0 Å². The lowest BCUT2D eigenvalue weighted by atomic mass is 9.81. The molecular formula is C22H18F6N2S. The quantitative estimate of drug-likeness (QED) is 0.492. The average molecular weight is 456 g/mol. The molecule has 1 unspecified atom stereocenters. The first-order valence-corrected chi connectivity index (χ1v) is 10.3. The molecule has 0 amide bonds. The molecular weight excluding hydrogens is 438 g/mol. The van der Waals surface area contributed by atoms with E-state index < -0.39 is 34.5 Å². The Morgan fingerprint density at radius 1 is 1.03 bits per heavy atom. The highest BCUT2D eigenvalue weighted by Crippen LogP contribution is 2.66. The number of halogens is 6. The number of nitrogens with zero attached hydrogens (tertiary/aromatic N) is 2. The number of allylic oxidation sites excluding steroid dienone is 1. The van der Waals surface area contributed by atoms with Crippen LogP contribution in [0.15, 0.2) is 29.8 Å². The zero-order valence-electron chi connectivity index (χ0n) is 17.1. The van der Waals surface area contributed by atoms with Gasteiger partial charge in [-0.2, -0.15) is 31.6 Å². The predicted octanol–water partition coefficient (Wildman–Crippen LogP) is 6.36. The van der Waals surface area contributed by atoms with E-state index in [0.717, 1.165) is 11.3 Å². The largest absolute Gasteiger partial charge is 0.380 e. The molecule has 31 heavy (non-hydrogen) atoms. The van der Waals surface area contributed by atoms with Gasteiger partial charge in [0.1, 0.15) is 10.9 Å². The number of rotatable bonds is 2. The maximum atomic E-state index is 15.3. The molecule has 0 bridgehead atoms. The molecule has 0 saturated heterocycles. The number of hydrogen-bond donors (Lipinski definition) is 0. The van der Waals surface area contributed by atoms with Gasteiger partial charge in [0.2, 0.25) is 0 Å². The molecule has 164 valence electrons. The maximum absolute atomic E-state index is 15.3. The normalized spacial score (nSPS) is 25.6. The molecule has 0 N–H and O–H groups in total. The first-order chi connectivity index (χ1) is 14.2. The molecule has 9 heteroatoms. The van der Waals surface area contributed by atoms with Crippen molar-refractivity contribution in [3.63, 3.8) is 0 Å². The van der Waals surface area contributed by atoms with Gasteiger partial charge >= 0.3 is 17.8 Å². The van der Waals surface area contributed by atoms with Gasteiger partial charge < -0.3 is 4.90 Å². The van der Waals surface area contributed by atoms with E-state index in [2.05, 4.69) is 0 Å². The number of benzene rings is 1. The Bertz CT molecular complexity index is 1170. The van der Waals surface area contributed by atoms with Crippen molar-refractivity contribution < 1.29 is 26.3 Å². The first kappa shape index (κ1) is 21.8. The minimum absolute atomic E-state index is 0.00689. The van der Waals surface area contributed by atoms with Crippen LogP contribution in [0.5, 0.6) is 0 Å². The van der Waals surface area contributed by atoms with Crippen molar-refractivity contribution >= 4 is 22.6 Å². The lowest BCUT2D eigenvalue weighted by Crippen LogP contribution is -2.54. The number of hydrogen-bond acceptors (Lipinski definition) is 3. The van der Waals surface area contributed by atoms with E-state index >= 15 is 17.6 Å². The zero-order chi connectivity index (χ0) is 23.1. The minimum atomic E-state index is -5.61. The fraction of sp³-hybridized carbons (Fsp3) is 0.409. The molecule has 2 aromatic rings. The number of para-hydroxylation sites is 1. The second-order valence-electron chi connectivity index (χ2n) is 8.21. The monoisotopic (exact) mass is 456 g/mol. The predicted molar refractivity (Wildman–Crippen MR) is 107 cm³/mol. The van der Waals surface area contributed by atoms with Crippen LogP contribution < -0.4 is 4.90 Å². The average Bonchev–Trinajstić information content (AvgIpc) is 3.15. The molecule has 1 atom stereocenters. The molecule has 2 heterocycles. The number of likely N-dealkylation sites (N-methyl/N-ethyl adjacent to an activating group) is 1. The van der Waals surface area contributed by atoms with E-state index in [1.165, 1.54) is 32.7 Å². The maximum Gasteiger partial charge on any atom is 0.380 e. The summed E-state index contributed by atoms with van der Waals surface area (Å²) in [5, 5.41) is 9.28. The van der Waals surface area contributed by atoms with Crippen molar-refractivity contribution in [2.45, 2.75) is 50.5 Å². The van der Waals surface area contributed by atoms with E-state index in [0.29, 0.717) is 11.3 Å². The molecule has 4 rings (SSSR count). The highest BCUT2D eigenvalue weighted by molar-refractivity contribution is 7.13. The van der Waals surface area contributed by atoms with Crippen LogP contribution in [0.3, 0.4) is 0 Å². The Kier molecular flexibility index (Phi) is 4.41. The van der Waals surface area contributed by atoms with Gasteiger partial charge in [0.25, 0.3) is 0 Å². The third-order valence-corrected chi connectivity index (χ3v) is 7.62. The summed E-state index contributed by atoms with van der Waals surface area (Å²) in [6.07, 6.45) is -0.131. The van der Waals surface area contributed by atoms with Crippen molar-refractivity contribution in [3.05, 3.63) is 56.3 Å². The molecule has 0 saturated carbocycles. The van der Waals surface area contributed by atoms with E-state index in [-0.39, 0.29) is 27.3 Å². The molecule has 2 aliphatic rings. The zero-order valence-corrected chi connectivity index (χ0v) is 17.9. The lowest BCUT2D eigenvalue weighted by Gasteiger charge is -2.39. The first-order valence-electron chi connectivity index (χ1n) is 9.44. The summed E-state index contributed by atoms with van der Waals surface area (Å²) in [4.78, 5) is 1.52. The van der Waals surface area contributed by atoms with Crippen LogP contribution in [-0.2, 0) is 6.42 Å². The second-order valence-corrected chi connectivity index (χ2v) is 9.44. The Hall–Kier alpha value is -2.47. The molecule has 1 aromatic heterocycles. The van der Waals surface area contributed by atoms with Crippen LogP contribution in [0.1, 0.15) is 33.4 Å². The van der Waals surface area contributed by atoms with Crippen molar-refractivity contribution in [2.75, 3.05) is 11.9 Å². The summed E-state index contributed by atoms with van der Waals surface area (Å²) in [6.45, 7) is 3.98. The molecule has 0 spiro atoms.